The van der Waals surface area contributed by atoms with E-state index in [0.717, 1.165) is 36.1 Å². The van der Waals surface area contributed by atoms with E-state index in [1.807, 2.05) is 6.07 Å². The van der Waals surface area contributed by atoms with Crippen LogP contribution in [0.3, 0.4) is 0 Å². The van der Waals surface area contributed by atoms with Crippen LogP contribution < -0.4 is 18.9 Å². The maximum atomic E-state index is 13.1. The summed E-state index contributed by atoms with van der Waals surface area (Å²) in [6.45, 7) is 0.867. The van der Waals surface area contributed by atoms with Crippen LogP contribution in [0.15, 0.2) is 35.2 Å². The largest absolute Gasteiger partial charge is 0.496 e. The third-order valence-electron chi connectivity index (χ3n) is 5.57. The number of nitrogens with zero attached hydrogens (tertiary/aromatic N) is 1. The Kier molecular flexibility index (Phi) is 5.31. The van der Waals surface area contributed by atoms with Crippen molar-refractivity contribution >= 4 is 15.7 Å². The molecule has 1 unspecified atom stereocenters. The van der Waals surface area contributed by atoms with Crippen LogP contribution in [-0.2, 0) is 22.9 Å². The van der Waals surface area contributed by atoms with Crippen LogP contribution in [0, 0.1) is 0 Å². The first kappa shape index (κ1) is 19.8. The quantitative estimate of drug-likeness (QED) is 0.805. The van der Waals surface area contributed by atoms with Crippen LogP contribution in [0.1, 0.15) is 17.5 Å². The molecule has 7 nitrogen and oxygen atoms in total. The van der Waals surface area contributed by atoms with Crippen LogP contribution in [0.2, 0.25) is 0 Å². The van der Waals surface area contributed by atoms with E-state index in [2.05, 4.69) is 23.7 Å². The van der Waals surface area contributed by atoms with Gasteiger partial charge in [0.2, 0.25) is 0 Å². The highest BCUT2D eigenvalue weighted by atomic mass is 32.2. The van der Waals surface area contributed by atoms with E-state index < -0.39 is 10.0 Å². The van der Waals surface area contributed by atoms with Crippen LogP contribution >= 0.6 is 0 Å². The lowest BCUT2D eigenvalue weighted by Gasteiger charge is -2.32. The monoisotopic (exact) mass is 418 g/mol. The van der Waals surface area contributed by atoms with E-state index in [9.17, 15) is 8.42 Å². The highest BCUT2D eigenvalue weighted by Crippen LogP contribution is 2.37. The molecule has 8 heteroatoms. The first-order chi connectivity index (χ1) is 13.9. The molecule has 1 N–H and O–H groups in total. The Hall–Kier alpha value is -2.45. The van der Waals surface area contributed by atoms with Gasteiger partial charge in [0.25, 0.3) is 10.0 Å². The topological polar surface area (TPSA) is 77.1 Å². The highest BCUT2D eigenvalue weighted by molar-refractivity contribution is 7.92. The zero-order chi connectivity index (χ0) is 20.6. The summed E-state index contributed by atoms with van der Waals surface area (Å²) in [7, 11) is 2.01. The molecule has 0 radical (unpaired) electrons. The summed E-state index contributed by atoms with van der Waals surface area (Å²) in [4.78, 5) is 2.35. The second kappa shape index (κ2) is 7.76. The fourth-order valence-electron chi connectivity index (χ4n) is 3.95. The normalized spacial score (nSPS) is 18.3. The van der Waals surface area contributed by atoms with E-state index in [1.165, 1.54) is 12.1 Å². The molecule has 0 amide bonds. The van der Waals surface area contributed by atoms with Crippen molar-refractivity contribution in [2.45, 2.75) is 30.2 Å². The summed E-state index contributed by atoms with van der Waals surface area (Å²) < 4.78 is 45.4. The lowest BCUT2D eigenvalue weighted by Crippen LogP contribution is -2.34. The predicted molar refractivity (Wildman–Crippen MR) is 111 cm³/mol. The van der Waals surface area contributed by atoms with Crippen LogP contribution in [0.4, 0.5) is 5.69 Å². The van der Waals surface area contributed by atoms with Crippen molar-refractivity contribution in [2.75, 3.05) is 39.1 Å². The fraction of sp³-hybridized carbons (Fsp3) is 0.429. The molecular weight excluding hydrogens is 392 g/mol. The summed E-state index contributed by atoms with van der Waals surface area (Å²) in [5, 5.41) is 0. The van der Waals surface area contributed by atoms with Gasteiger partial charge in [0.15, 0.2) is 11.5 Å². The average molecular weight is 419 g/mol. The van der Waals surface area contributed by atoms with Crippen molar-refractivity contribution < 1.29 is 22.6 Å². The van der Waals surface area contributed by atoms with Crippen molar-refractivity contribution in [2.24, 2.45) is 0 Å². The van der Waals surface area contributed by atoms with Gasteiger partial charge in [-0.2, -0.15) is 0 Å². The molecular formula is C21H26N2O5S. The number of ether oxygens (including phenoxy) is 3. The first-order valence-electron chi connectivity index (χ1n) is 9.66. The Balaban J connectivity index is 1.67. The molecule has 29 heavy (non-hydrogen) atoms. The standard InChI is InChI=1S/C21H26N2O5S/c1-23(2)14-4-6-16-17(12-14)19(26-3)9-7-18(16)22-29(24,25)15-5-8-20-21(13-15)28-11-10-27-20/h5,7-9,13-14,22H,4,6,10-12H2,1-3H3. The molecule has 1 aliphatic carbocycles. The molecule has 0 saturated carbocycles. The average Bonchev–Trinajstić information content (AvgIpc) is 2.73. The molecule has 1 atom stereocenters. The summed E-state index contributed by atoms with van der Waals surface area (Å²) in [6.07, 6.45) is 2.57. The zero-order valence-electron chi connectivity index (χ0n) is 16.9. The van der Waals surface area contributed by atoms with Gasteiger partial charge in [-0.15, -0.1) is 0 Å². The molecule has 2 aliphatic rings. The zero-order valence-corrected chi connectivity index (χ0v) is 17.7. The van der Waals surface area contributed by atoms with Crippen LogP contribution in [-0.4, -0.2) is 53.8 Å². The van der Waals surface area contributed by atoms with Gasteiger partial charge in [0.1, 0.15) is 19.0 Å². The maximum Gasteiger partial charge on any atom is 0.262 e. The number of likely N-dealkylation sites (N-methyl/N-ethyl adjacent to an activating group) is 1. The summed E-state index contributed by atoms with van der Waals surface area (Å²) in [6, 6.07) is 8.69. The Labute approximate surface area is 171 Å². The third-order valence-corrected chi connectivity index (χ3v) is 6.94. The SMILES string of the molecule is COc1ccc(NS(=O)(=O)c2ccc3c(c2)OCCO3)c2c1CC(N(C)C)CC2. The second-order valence-electron chi connectivity index (χ2n) is 7.54. The minimum atomic E-state index is -3.77. The molecule has 4 rings (SSSR count). The Morgan fingerprint density at radius 3 is 2.55 bits per heavy atom. The first-order valence-corrected chi connectivity index (χ1v) is 11.1. The summed E-state index contributed by atoms with van der Waals surface area (Å²) in [5.41, 5.74) is 2.68. The minimum absolute atomic E-state index is 0.147. The molecule has 0 spiro atoms. The number of hydrogen-bond donors (Lipinski definition) is 1. The Morgan fingerprint density at radius 1 is 1.07 bits per heavy atom. The van der Waals surface area contributed by atoms with Crippen LogP contribution in [0.5, 0.6) is 17.2 Å². The lowest BCUT2D eigenvalue weighted by atomic mass is 9.86. The molecule has 0 saturated heterocycles. The van der Waals surface area contributed by atoms with Crippen molar-refractivity contribution in [3.05, 3.63) is 41.5 Å². The van der Waals surface area contributed by atoms with Gasteiger partial charge >= 0.3 is 0 Å². The van der Waals surface area contributed by atoms with Gasteiger partial charge in [-0.1, -0.05) is 0 Å². The third kappa shape index (κ3) is 3.86. The molecule has 0 fully saturated rings. The number of benzene rings is 2. The minimum Gasteiger partial charge on any atom is -0.496 e. The lowest BCUT2D eigenvalue weighted by molar-refractivity contribution is 0.171. The fourth-order valence-corrected chi connectivity index (χ4v) is 5.06. The second-order valence-corrected chi connectivity index (χ2v) is 9.23. The van der Waals surface area contributed by atoms with Gasteiger partial charge in [-0.3, -0.25) is 4.72 Å². The molecule has 1 heterocycles. The Bertz CT molecular complexity index is 1020. The predicted octanol–water partition coefficient (Wildman–Crippen LogP) is 2.69. The van der Waals surface area contributed by atoms with Gasteiger partial charge < -0.3 is 19.1 Å². The maximum absolute atomic E-state index is 13.1. The molecule has 0 aromatic heterocycles. The van der Waals surface area contributed by atoms with Crippen molar-refractivity contribution in [1.82, 2.24) is 4.90 Å². The van der Waals surface area contributed by atoms with Crippen LogP contribution in [0.25, 0.3) is 0 Å². The molecule has 2 aromatic carbocycles. The van der Waals surface area contributed by atoms with Crippen molar-refractivity contribution in [3.8, 4) is 17.2 Å². The number of rotatable bonds is 5. The molecule has 156 valence electrons. The highest BCUT2D eigenvalue weighted by Gasteiger charge is 2.27. The number of fused-ring (bicyclic) bond motifs is 2. The number of sulfonamides is 1. The number of hydrogen-bond acceptors (Lipinski definition) is 6. The van der Waals surface area contributed by atoms with Crippen molar-refractivity contribution in [3.63, 3.8) is 0 Å². The van der Waals surface area contributed by atoms with E-state index in [1.54, 1.807) is 19.2 Å². The Morgan fingerprint density at radius 2 is 1.83 bits per heavy atom. The van der Waals surface area contributed by atoms with E-state index in [0.29, 0.717) is 36.4 Å². The van der Waals surface area contributed by atoms with Crippen molar-refractivity contribution in [1.29, 1.82) is 0 Å². The van der Waals surface area contributed by atoms with Gasteiger partial charge in [-0.05, 0) is 63.2 Å². The van der Waals surface area contributed by atoms with E-state index in [4.69, 9.17) is 14.2 Å². The van der Waals surface area contributed by atoms with Gasteiger partial charge in [-0.25, -0.2) is 8.42 Å². The van der Waals surface area contributed by atoms with E-state index >= 15 is 0 Å². The van der Waals surface area contributed by atoms with Gasteiger partial charge in [0.05, 0.1) is 17.7 Å². The van der Waals surface area contributed by atoms with E-state index in [-0.39, 0.29) is 4.90 Å². The molecule has 2 aromatic rings. The van der Waals surface area contributed by atoms with Gasteiger partial charge in [0, 0.05) is 17.7 Å². The number of anilines is 1. The number of methoxy groups -OCH3 is 1. The summed E-state index contributed by atoms with van der Waals surface area (Å²) >= 11 is 0. The molecule has 1 aliphatic heterocycles. The molecule has 0 bridgehead atoms. The number of nitrogens with one attached hydrogen (secondary N) is 1. The smallest absolute Gasteiger partial charge is 0.262 e. The summed E-state index contributed by atoms with van der Waals surface area (Å²) in [5.74, 6) is 1.81.